The molecule has 7 atom stereocenters. The molecule has 430 valence electrons. The molecular formula is C54H74N16O10. The number of aromatic amines is 2. The topological polar surface area (TPSA) is 445 Å². The number of para-hydroxylation sites is 1. The summed E-state index contributed by atoms with van der Waals surface area (Å²) < 4.78 is 0. The van der Waals surface area contributed by atoms with Gasteiger partial charge in [-0.3, -0.25) is 48.1 Å². The summed E-state index contributed by atoms with van der Waals surface area (Å²) >= 11 is 0. The monoisotopic (exact) mass is 1110 g/mol. The molecule has 0 unspecified atom stereocenters. The van der Waals surface area contributed by atoms with Gasteiger partial charge >= 0.3 is 5.97 Å². The minimum absolute atomic E-state index is 0.0163. The number of aromatic nitrogens is 3. The molecule has 5 aromatic rings. The number of unbranched alkanes of at least 4 members (excludes halogenated alkanes) is 1. The highest BCUT2D eigenvalue weighted by Crippen LogP contribution is 2.22. The highest BCUT2D eigenvalue weighted by molar-refractivity contribution is 5.98. The second kappa shape index (κ2) is 30.9. The Morgan fingerprint density at radius 2 is 1.21 bits per heavy atom. The normalized spacial score (nSPS) is 13.8. The van der Waals surface area contributed by atoms with Gasteiger partial charge in [0.15, 0.2) is 5.96 Å². The number of hydrogen-bond acceptors (Lipinski definition) is 13. The number of nitrogens with two attached hydrogens (primary N) is 5. The van der Waals surface area contributed by atoms with Crippen molar-refractivity contribution >= 4 is 80.9 Å². The molecule has 0 fully saturated rings. The Labute approximate surface area is 461 Å². The summed E-state index contributed by atoms with van der Waals surface area (Å²) in [5.41, 5.74) is 31.4. The molecule has 2 aromatic heterocycles. The molecule has 2 heterocycles. The van der Waals surface area contributed by atoms with Gasteiger partial charge in [0.05, 0.1) is 18.9 Å². The quantitative estimate of drug-likeness (QED) is 0.0131. The van der Waals surface area contributed by atoms with E-state index in [0.717, 1.165) is 21.7 Å². The summed E-state index contributed by atoms with van der Waals surface area (Å²) in [5.74, 6) is -8.38. The van der Waals surface area contributed by atoms with Gasteiger partial charge in [0.25, 0.3) is 0 Å². The average molecular weight is 1110 g/mol. The van der Waals surface area contributed by atoms with E-state index in [9.17, 15) is 48.3 Å². The van der Waals surface area contributed by atoms with Gasteiger partial charge in [-0.1, -0.05) is 74.5 Å². The van der Waals surface area contributed by atoms with Crippen molar-refractivity contribution in [1.82, 2.24) is 52.2 Å². The van der Waals surface area contributed by atoms with Crippen LogP contribution in [0.1, 0.15) is 75.6 Å². The number of fused-ring (bicyclic) bond motifs is 2. The van der Waals surface area contributed by atoms with Crippen molar-refractivity contribution in [3.63, 3.8) is 0 Å². The highest BCUT2D eigenvalue weighted by Gasteiger charge is 2.34. The lowest BCUT2D eigenvalue weighted by Crippen LogP contribution is -2.59. The predicted octanol–water partition coefficient (Wildman–Crippen LogP) is -1.39. The maximum Gasteiger partial charge on any atom is 0.303 e. The standard InChI is InChI=1S/C54H74N16O10/c1-30(2)46(47(57)74)70-52(79)41(19-20-45(72)73)67-50(77)39(17-7-8-21-55)65-44(71)28-63-49(76)42(24-33-26-62-38-16-6-5-15-36(33)38)69-51(78)40(18-10-22-61-54(58)59)66-53(80)43(68-48(75)37(56)25-34-27-60-29-64-34)23-32-13-9-12-31-11-3-4-14-35(31)32/h3-6,9,11-16,26-27,29-30,37,39-43,46,62H,7-8,10,17-25,28,55-56H2,1-2H3,(H2,57,74)(H,60,64)(H,63,76)(H,65,71)(H,66,80)(H,67,77)(H,68,75)(H,69,78)(H,70,79)(H,72,73)(H4,58,59,61)/t37-,39-,40-,41-,42-,43-,46-/m0/s1. The summed E-state index contributed by atoms with van der Waals surface area (Å²) in [6.45, 7) is 2.86. The van der Waals surface area contributed by atoms with E-state index in [1.54, 1.807) is 26.1 Å². The number of carbonyl (C=O) groups is 9. The molecule has 0 saturated heterocycles. The number of hydrogen-bond donors (Lipinski definition) is 15. The second-order valence-electron chi connectivity index (χ2n) is 19.7. The van der Waals surface area contributed by atoms with Crippen molar-refractivity contribution in [2.45, 2.75) is 120 Å². The molecule has 0 aliphatic heterocycles. The summed E-state index contributed by atoms with van der Waals surface area (Å²) in [7, 11) is 0. The lowest BCUT2D eigenvalue weighted by molar-refractivity contribution is -0.138. The zero-order valence-electron chi connectivity index (χ0n) is 44.8. The maximum atomic E-state index is 14.7. The molecule has 0 radical (unpaired) electrons. The number of carbonyl (C=O) groups excluding carboxylic acids is 8. The number of aliphatic carboxylic acids is 1. The van der Waals surface area contributed by atoms with Crippen molar-refractivity contribution in [1.29, 1.82) is 0 Å². The molecule has 0 saturated carbocycles. The molecule has 8 amide bonds. The van der Waals surface area contributed by atoms with Gasteiger partial charge in [0.1, 0.15) is 36.3 Å². The zero-order chi connectivity index (χ0) is 58.3. The van der Waals surface area contributed by atoms with Crippen LogP contribution in [0.5, 0.6) is 0 Å². The molecule has 80 heavy (non-hydrogen) atoms. The molecule has 0 aliphatic carbocycles. The first-order valence-electron chi connectivity index (χ1n) is 26.3. The van der Waals surface area contributed by atoms with Crippen LogP contribution < -0.4 is 65.9 Å². The number of carboxylic acid groups (broad SMARTS) is 1. The predicted molar refractivity (Wildman–Crippen MR) is 298 cm³/mol. The number of imidazole rings is 1. The van der Waals surface area contributed by atoms with E-state index in [2.05, 4.69) is 57.2 Å². The van der Waals surface area contributed by atoms with Crippen molar-refractivity contribution in [3.8, 4) is 0 Å². The number of rotatable bonds is 33. The van der Waals surface area contributed by atoms with Crippen LogP contribution in [0.15, 0.2) is 90.4 Å². The SMILES string of the molecule is CC(C)[C@H](NC(=O)[C@H](CCC(=O)O)NC(=O)[C@H](CCCCN)NC(=O)CNC(=O)[C@H](Cc1c[nH]c2ccccc12)NC(=O)[C@H](CCCN=C(N)N)NC(=O)[C@H](Cc1cccc2ccccc12)NC(=O)[C@@H](N)Cc1cnc[nH]1)C(N)=O. The Morgan fingerprint density at radius 3 is 1.88 bits per heavy atom. The number of H-pyrrole nitrogens is 2. The van der Waals surface area contributed by atoms with Gasteiger partial charge in [-0.15, -0.1) is 0 Å². The molecular weight excluding hydrogens is 1030 g/mol. The van der Waals surface area contributed by atoms with Gasteiger partial charge in [-0.2, -0.15) is 0 Å². The number of nitrogens with one attached hydrogen (secondary N) is 9. The average Bonchev–Trinajstić information content (AvgIpc) is 4.11. The molecule has 0 spiro atoms. The molecule has 5 rings (SSSR count). The fraction of sp³-hybridized carbons (Fsp3) is 0.426. The van der Waals surface area contributed by atoms with Crippen molar-refractivity contribution in [3.05, 3.63) is 102 Å². The molecule has 26 heteroatoms. The Bertz CT molecular complexity index is 2950. The van der Waals surface area contributed by atoms with E-state index in [4.69, 9.17) is 28.7 Å². The van der Waals surface area contributed by atoms with E-state index < -0.39 is 114 Å². The molecule has 20 N–H and O–H groups in total. The van der Waals surface area contributed by atoms with E-state index in [0.29, 0.717) is 29.7 Å². The number of carboxylic acids is 1. The Hall–Kier alpha value is -8.91. The summed E-state index contributed by atoms with van der Waals surface area (Å²) in [4.78, 5) is 136. The number of primary amides is 1. The van der Waals surface area contributed by atoms with Crippen LogP contribution in [0.3, 0.4) is 0 Å². The number of amides is 8. The minimum atomic E-state index is -1.45. The van der Waals surface area contributed by atoms with Crippen molar-refractivity contribution in [2.75, 3.05) is 19.6 Å². The maximum absolute atomic E-state index is 14.7. The highest BCUT2D eigenvalue weighted by atomic mass is 16.4. The van der Waals surface area contributed by atoms with Gasteiger partial charge in [0, 0.05) is 61.2 Å². The van der Waals surface area contributed by atoms with E-state index >= 15 is 0 Å². The Morgan fingerprint density at radius 1 is 0.625 bits per heavy atom. The van der Waals surface area contributed by atoms with Crippen LogP contribution >= 0.6 is 0 Å². The van der Waals surface area contributed by atoms with Gasteiger partial charge in [-0.05, 0) is 79.0 Å². The third-order valence-corrected chi connectivity index (χ3v) is 13.2. The number of benzene rings is 3. The molecule has 0 bridgehead atoms. The molecule has 0 aliphatic rings. The van der Waals surface area contributed by atoms with Crippen LogP contribution in [-0.4, -0.2) is 141 Å². The van der Waals surface area contributed by atoms with E-state index in [1.807, 2.05) is 60.7 Å². The number of guanidine groups is 1. The third kappa shape index (κ3) is 19.2. The van der Waals surface area contributed by atoms with Crippen LogP contribution in [0.4, 0.5) is 0 Å². The summed E-state index contributed by atoms with van der Waals surface area (Å²) in [6, 6.07) is 11.3. The van der Waals surface area contributed by atoms with Crippen LogP contribution in [0.2, 0.25) is 0 Å². The van der Waals surface area contributed by atoms with Crippen molar-refractivity contribution < 1.29 is 48.3 Å². The van der Waals surface area contributed by atoms with Gasteiger partial charge in [0.2, 0.25) is 47.3 Å². The summed E-state index contributed by atoms with van der Waals surface area (Å²) in [5, 5.41) is 30.3. The first kappa shape index (κ1) is 61.9. The minimum Gasteiger partial charge on any atom is -0.481 e. The lowest BCUT2D eigenvalue weighted by atomic mass is 9.97. The van der Waals surface area contributed by atoms with Gasteiger partial charge < -0.3 is 81.0 Å². The van der Waals surface area contributed by atoms with Crippen LogP contribution in [0, 0.1) is 5.92 Å². The lowest BCUT2D eigenvalue weighted by Gasteiger charge is -2.26. The number of aliphatic imine (C=N–C) groups is 1. The fourth-order valence-electron chi connectivity index (χ4n) is 8.88. The zero-order valence-corrected chi connectivity index (χ0v) is 44.8. The molecule has 3 aromatic carbocycles. The van der Waals surface area contributed by atoms with E-state index in [-0.39, 0.29) is 64.0 Å². The third-order valence-electron chi connectivity index (χ3n) is 13.2. The Kier molecular flexibility index (Phi) is 23.9. The van der Waals surface area contributed by atoms with Crippen molar-refractivity contribution in [2.24, 2.45) is 39.6 Å². The Balaban J connectivity index is 1.39. The molecule has 26 nitrogen and oxygen atoms in total. The van der Waals surface area contributed by atoms with Gasteiger partial charge in [-0.25, -0.2) is 4.98 Å². The first-order chi connectivity index (χ1) is 38.2. The smallest absolute Gasteiger partial charge is 0.303 e. The van der Waals surface area contributed by atoms with Crippen LogP contribution in [0.25, 0.3) is 21.7 Å². The second-order valence-corrected chi connectivity index (χ2v) is 19.7. The van der Waals surface area contributed by atoms with Crippen LogP contribution in [-0.2, 0) is 62.4 Å². The fourth-order valence-corrected chi connectivity index (χ4v) is 8.88. The largest absolute Gasteiger partial charge is 0.481 e. The first-order valence-corrected chi connectivity index (χ1v) is 26.3. The van der Waals surface area contributed by atoms with E-state index in [1.165, 1.54) is 12.5 Å². The summed E-state index contributed by atoms with van der Waals surface area (Å²) in [6.07, 6.45) is 4.59. The number of nitrogens with zero attached hydrogens (tertiary/aromatic N) is 2.